The van der Waals surface area contributed by atoms with Gasteiger partial charge in [-0.05, 0) is 42.8 Å². The highest BCUT2D eigenvalue weighted by Crippen LogP contribution is 2.38. The number of nitrogens with zero attached hydrogens (tertiary/aromatic N) is 3. The van der Waals surface area contributed by atoms with E-state index in [-0.39, 0.29) is 47.5 Å². The van der Waals surface area contributed by atoms with Crippen molar-refractivity contribution in [3.63, 3.8) is 0 Å². The number of aromatic hydroxyl groups is 1. The number of carbonyl (C=O) groups is 1. The fraction of sp³-hybridized carbons (Fsp3) is 0.240. The van der Waals surface area contributed by atoms with Crippen LogP contribution in [0.1, 0.15) is 46.0 Å². The SMILES string of the molecule is COc1ccc(-c2nc(C(=O)N3Cc4cccc(O)c4C3)c([C@H](C)N)o2)c2ccc(C(F)(F)F)nc12. The molecule has 1 aliphatic heterocycles. The molecule has 5 rings (SSSR count). The smallest absolute Gasteiger partial charge is 0.433 e. The third kappa shape index (κ3) is 3.91. The average Bonchev–Trinajstić information content (AvgIpc) is 3.48. The maximum absolute atomic E-state index is 13.4. The Bertz CT molecular complexity index is 1500. The van der Waals surface area contributed by atoms with E-state index in [9.17, 15) is 23.1 Å². The van der Waals surface area contributed by atoms with E-state index in [2.05, 4.69) is 9.97 Å². The van der Waals surface area contributed by atoms with Crippen molar-refractivity contribution >= 4 is 16.8 Å². The molecule has 0 fully saturated rings. The Balaban J connectivity index is 1.59. The van der Waals surface area contributed by atoms with Gasteiger partial charge in [0, 0.05) is 23.1 Å². The fourth-order valence-corrected chi connectivity index (χ4v) is 4.31. The molecule has 0 aliphatic carbocycles. The van der Waals surface area contributed by atoms with Crippen LogP contribution in [-0.4, -0.2) is 33.0 Å². The number of hydrogen-bond acceptors (Lipinski definition) is 7. The normalized spacial score (nSPS) is 14.2. The lowest BCUT2D eigenvalue weighted by Crippen LogP contribution is -2.27. The lowest BCUT2D eigenvalue weighted by Gasteiger charge is -2.14. The first-order chi connectivity index (χ1) is 17.1. The minimum Gasteiger partial charge on any atom is -0.508 e. The van der Waals surface area contributed by atoms with Gasteiger partial charge in [0.05, 0.1) is 19.7 Å². The lowest BCUT2D eigenvalue weighted by molar-refractivity contribution is -0.140. The Kier molecular flexibility index (Phi) is 5.59. The average molecular weight is 498 g/mol. The zero-order valence-electron chi connectivity index (χ0n) is 19.3. The van der Waals surface area contributed by atoms with Crippen LogP contribution in [0.25, 0.3) is 22.4 Å². The van der Waals surface area contributed by atoms with Crippen LogP contribution in [0.2, 0.25) is 0 Å². The molecule has 0 saturated heterocycles. The van der Waals surface area contributed by atoms with E-state index in [1.807, 2.05) is 6.07 Å². The quantitative estimate of drug-likeness (QED) is 0.415. The van der Waals surface area contributed by atoms with Crippen LogP contribution in [0.3, 0.4) is 0 Å². The zero-order valence-corrected chi connectivity index (χ0v) is 19.3. The molecule has 2 aromatic carbocycles. The molecule has 2 aromatic heterocycles. The number of amides is 1. The molecule has 1 aliphatic rings. The number of rotatable bonds is 4. The molecular weight excluding hydrogens is 477 g/mol. The van der Waals surface area contributed by atoms with Crippen molar-refractivity contribution in [3.8, 4) is 23.0 Å². The summed E-state index contributed by atoms with van der Waals surface area (Å²) in [5.41, 5.74) is 6.79. The van der Waals surface area contributed by atoms with Crippen molar-refractivity contribution in [1.29, 1.82) is 0 Å². The fourth-order valence-electron chi connectivity index (χ4n) is 4.31. The number of nitrogens with two attached hydrogens (primary N) is 1. The van der Waals surface area contributed by atoms with E-state index in [0.29, 0.717) is 16.5 Å². The summed E-state index contributed by atoms with van der Waals surface area (Å²) in [4.78, 5) is 23.1. The van der Waals surface area contributed by atoms with Gasteiger partial charge in [0.2, 0.25) is 5.89 Å². The molecule has 3 N–H and O–H groups in total. The van der Waals surface area contributed by atoms with Gasteiger partial charge < -0.3 is 24.9 Å². The number of methoxy groups -OCH3 is 1. The first-order valence-corrected chi connectivity index (χ1v) is 11.0. The van der Waals surface area contributed by atoms with Gasteiger partial charge in [-0.15, -0.1) is 0 Å². The lowest BCUT2D eigenvalue weighted by atomic mass is 10.1. The largest absolute Gasteiger partial charge is 0.508 e. The van der Waals surface area contributed by atoms with E-state index in [1.54, 1.807) is 25.1 Å². The third-order valence-electron chi connectivity index (χ3n) is 6.08. The number of carbonyl (C=O) groups excluding carboxylic acids is 1. The van der Waals surface area contributed by atoms with Crippen LogP contribution >= 0.6 is 0 Å². The van der Waals surface area contributed by atoms with Crippen molar-refractivity contribution in [2.24, 2.45) is 5.73 Å². The molecular formula is C25H21F3N4O4. The number of alkyl halides is 3. The summed E-state index contributed by atoms with van der Waals surface area (Å²) in [5, 5.41) is 10.4. The Morgan fingerprint density at radius 3 is 2.61 bits per heavy atom. The van der Waals surface area contributed by atoms with E-state index < -0.39 is 23.8 Å². The molecule has 0 saturated carbocycles. The Hall–Kier alpha value is -4.12. The van der Waals surface area contributed by atoms with Crippen LogP contribution < -0.4 is 10.5 Å². The summed E-state index contributed by atoms with van der Waals surface area (Å²) in [6.07, 6.45) is -4.64. The molecule has 186 valence electrons. The summed E-state index contributed by atoms with van der Waals surface area (Å²) >= 11 is 0. The summed E-state index contributed by atoms with van der Waals surface area (Å²) in [6.45, 7) is 2.10. The number of fused-ring (bicyclic) bond motifs is 2. The van der Waals surface area contributed by atoms with Crippen molar-refractivity contribution in [1.82, 2.24) is 14.9 Å². The number of hydrogen-bond donors (Lipinski definition) is 2. The Labute approximate surface area is 203 Å². The maximum Gasteiger partial charge on any atom is 0.433 e. The monoisotopic (exact) mass is 498 g/mol. The van der Waals surface area contributed by atoms with Crippen molar-refractivity contribution in [2.45, 2.75) is 32.2 Å². The van der Waals surface area contributed by atoms with Crippen LogP contribution in [0, 0.1) is 0 Å². The summed E-state index contributed by atoms with van der Waals surface area (Å²) < 4.78 is 50.9. The van der Waals surface area contributed by atoms with Gasteiger partial charge in [0.1, 0.15) is 22.7 Å². The van der Waals surface area contributed by atoms with Gasteiger partial charge in [0.25, 0.3) is 5.91 Å². The third-order valence-corrected chi connectivity index (χ3v) is 6.08. The van der Waals surface area contributed by atoms with Gasteiger partial charge in [-0.25, -0.2) is 9.97 Å². The number of oxazole rings is 1. The standard InChI is InChI=1S/C25H21F3N4O4/c1-12(29)22-21(24(34)32-10-13-4-3-5-17(33)16(13)11-32)31-23(36-22)15-6-8-18(35-2)20-14(15)7-9-19(30-20)25(26,27)28/h3-9,12,33H,10-11,29H2,1-2H3/t12-/m0/s1. The van der Waals surface area contributed by atoms with Gasteiger partial charge in [0.15, 0.2) is 11.5 Å². The molecule has 4 aromatic rings. The predicted molar refractivity (Wildman–Crippen MR) is 123 cm³/mol. The number of benzene rings is 2. The summed E-state index contributed by atoms with van der Waals surface area (Å²) in [5.74, 6) is -0.0436. The minimum atomic E-state index is -4.64. The van der Waals surface area contributed by atoms with E-state index in [0.717, 1.165) is 11.6 Å². The number of halogens is 3. The van der Waals surface area contributed by atoms with Crippen molar-refractivity contribution in [3.05, 3.63) is 70.7 Å². The number of aromatic nitrogens is 2. The summed E-state index contributed by atoms with van der Waals surface area (Å²) in [7, 11) is 1.33. The highest BCUT2D eigenvalue weighted by atomic mass is 19.4. The van der Waals surface area contributed by atoms with Gasteiger partial charge in [-0.1, -0.05) is 12.1 Å². The second-order valence-corrected chi connectivity index (χ2v) is 8.50. The number of phenolic OH excluding ortho intramolecular Hbond substituents is 1. The van der Waals surface area contributed by atoms with Gasteiger partial charge >= 0.3 is 6.18 Å². The Morgan fingerprint density at radius 1 is 1.17 bits per heavy atom. The molecule has 3 heterocycles. The van der Waals surface area contributed by atoms with Crippen LogP contribution in [-0.2, 0) is 19.3 Å². The minimum absolute atomic E-state index is 0.00358. The van der Waals surface area contributed by atoms with Crippen LogP contribution in [0.15, 0.2) is 46.9 Å². The highest BCUT2D eigenvalue weighted by Gasteiger charge is 2.34. The molecule has 0 unspecified atom stereocenters. The van der Waals surface area contributed by atoms with Gasteiger partial charge in [-0.2, -0.15) is 13.2 Å². The van der Waals surface area contributed by atoms with E-state index >= 15 is 0 Å². The molecule has 0 spiro atoms. The number of ether oxygens (including phenoxy) is 1. The Morgan fingerprint density at radius 2 is 1.94 bits per heavy atom. The molecule has 1 amide bonds. The van der Waals surface area contributed by atoms with Crippen molar-refractivity contribution in [2.75, 3.05) is 7.11 Å². The second kappa shape index (κ2) is 8.52. The molecule has 0 radical (unpaired) electrons. The topological polar surface area (TPSA) is 115 Å². The van der Waals surface area contributed by atoms with Crippen LogP contribution in [0.5, 0.6) is 11.5 Å². The molecule has 8 nitrogen and oxygen atoms in total. The zero-order chi connectivity index (χ0) is 25.8. The first-order valence-electron chi connectivity index (χ1n) is 11.0. The maximum atomic E-state index is 13.4. The first kappa shape index (κ1) is 23.6. The molecule has 11 heteroatoms. The van der Waals surface area contributed by atoms with E-state index in [4.69, 9.17) is 14.9 Å². The second-order valence-electron chi connectivity index (χ2n) is 8.50. The molecule has 1 atom stereocenters. The predicted octanol–water partition coefficient (Wildman–Crippen LogP) is 4.80. The van der Waals surface area contributed by atoms with Crippen LogP contribution in [0.4, 0.5) is 13.2 Å². The van der Waals surface area contributed by atoms with E-state index in [1.165, 1.54) is 24.1 Å². The molecule has 36 heavy (non-hydrogen) atoms. The highest BCUT2D eigenvalue weighted by molar-refractivity contribution is 5.98. The number of pyridine rings is 1. The number of phenols is 1. The molecule has 0 bridgehead atoms. The van der Waals surface area contributed by atoms with Gasteiger partial charge in [-0.3, -0.25) is 4.79 Å². The van der Waals surface area contributed by atoms with Crippen molar-refractivity contribution < 1.29 is 32.2 Å². The summed E-state index contributed by atoms with van der Waals surface area (Å²) in [6, 6.07) is 9.56.